The van der Waals surface area contributed by atoms with E-state index in [0.717, 1.165) is 23.4 Å². The van der Waals surface area contributed by atoms with Crippen molar-refractivity contribution in [2.75, 3.05) is 0 Å². The van der Waals surface area contributed by atoms with Crippen LogP contribution in [0.15, 0.2) is 24.3 Å². The summed E-state index contributed by atoms with van der Waals surface area (Å²) in [6.07, 6.45) is 1.29. The maximum absolute atomic E-state index is 8.51. The highest BCUT2D eigenvalue weighted by Gasteiger charge is 2.10. The maximum Gasteiger partial charge on any atom is 0.182 e. The van der Waals surface area contributed by atoms with Crippen LogP contribution in [-0.4, -0.2) is 20.2 Å². The molecule has 0 atom stereocenters. The predicted octanol–water partition coefficient (Wildman–Crippen LogP) is 1.95. The Morgan fingerprint density at radius 2 is 2.18 bits per heavy atom. The second-order valence-electron chi connectivity index (χ2n) is 3.80. The first-order chi connectivity index (χ1) is 8.33. The molecule has 17 heavy (non-hydrogen) atoms. The van der Waals surface area contributed by atoms with Crippen molar-refractivity contribution in [3.63, 3.8) is 0 Å². The van der Waals surface area contributed by atoms with E-state index in [1.165, 1.54) is 0 Å². The molecule has 0 N–H and O–H groups in total. The highest BCUT2D eigenvalue weighted by Crippen LogP contribution is 2.19. The molecule has 2 aromatic rings. The average Bonchev–Trinajstić information content (AvgIpc) is 2.78. The summed E-state index contributed by atoms with van der Waals surface area (Å²) >= 11 is 0. The Morgan fingerprint density at radius 3 is 2.94 bits per heavy atom. The van der Waals surface area contributed by atoms with E-state index in [2.05, 4.69) is 21.6 Å². The fourth-order valence-corrected chi connectivity index (χ4v) is 1.68. The molecule has 0 radical (unpaired) electrons. The number of rotatable bonds is 4. The van der Waals surface area contributed by atoms with E-state index in [-0.39, 0.29) is 0 Å². The van der Waals surface area contributed by atoms with E-state index in [1.54, 1.807) is 4.68 Å². The monoisotopic (exact) mass is 227 g/mol. The Balaban J connectivity index is 2.25. The van der Waals surface area contributed by atoms with E-state index in [4.69, 9.17) is 5.26 Å². The third-order valence-corrected chi connectivity index (χ3v) is 2.58. The molecule has 0 saturated carbocycles. The van der Waals surface area contributed by atoms with Gasteiger partial charge in [-0.15, -0.1) is 5.10 Å². The average molecular weight is 227 g/mol. The first-order valence-electron chi connectivity index (χ1n) is 5.52. The van der Waals surface area contributed by atoms with Crippen LogP contribution in [0.4, 0.5) is 0 Å². The molecule has 1 aromatic heterocycles. The molecule has 86 valence electrons. The minimum atomic E-state index is 0.521. The number of benzene rings is 1. The zero-order chi connectivity index (χ0) is 12.1. The lowest BCUT2D eigenvalue weighted by molar-refractivity contribution is 0.569. The summed E-state index contributed by atoms with van der Waals surface area (Å²) in [5.74, 6) is 0.765. The lowest BCUT2D eigenvalue weighted by Gasteiger charge is -2.05. The summed E-state index contributed by atoms with van der Waals surface area (Å²) in [7, 11) is 0. The molecule has 0 aliphatic carbocycles. The SMILES string of the molecule is Cc1ccccc1-c1nnnn1CCCC#N. The van der Waals surface area contributed by atoms with Crippen molar-refractivity contribution in [2.24, 2.45) is 0 Å². The fraction of sp³-hybridized carbons (Fsp3) is 0.333. The second-order valence-corrected chi connectivity index (χ2v) is 3.80. The highest BCUT2D eigenvalue weighted by atomic mass is 15.5. The lowest BCUT2D eigenvalue weighted by atomic mass is 10.1. The molecule has 2 rings (SSSR count). The molecular weight excluding hydrogens is 214 g/mol. The minimum Gasteiger partial charge on any atom is -0.225 e. The maximum atomic E-state index is 8.51. The van der Waals surface area contributed by atoms with Crippen molar-refractivity contribution in [1.29, 1.82) is 5.26 Å². The number of nitrogens with zero attached hydrogens (tertiary/aromatic N) is 5. The quantitative estimate of drug-likeness (QED) is 0.749. The molecule has 0 spiro atoms. The van der Waals surface area contributed by atoms with Gasteiger partial charge in [-0.05, 0) is 29.3 Å². The largest absolute Gasteiger partial charge is 0.225 e. The summed E-state index contributed by atoms with van der Waals surface area (Å²) in [5.41, 5.74) is 2.18. The summed E-state index contributed by atoms with van der Waals surface area (Å²) < 4.78 is 1.75. The van der Waals surface area contributed by atoms with Crippen LogP contribution in [0.2, 0.25) is 0 Å². The van der Waals surface area contributed by atoms with E-state index < -0.39 is 0 Å². The molecule has 0 saturated heterocycles. The number of aryl methyl sites for hydroxylation is 2. The number of hydrogen-bond acceptors (Lipinski definition) is 4. The van der Waals surface area contributed by atoms with Crippen LogP contribution >= 0.6 is 0 Å². The van der Waals surface area contributed by atoms with Gasteiger partial charge < -0.3 is 0 Å². The number of aromatic nitrogens is 4. The predicted molar refractivity (Wildman–Crippen MR) is 62.8 cm³/mol. The van der Waals surface area contributed by atoms with E-state index in [1.807, 2.05) is 31.2 Å². The van der Waals surface area contributed by atoms with Gasteiger partial charge in [0.25, 0.3) is 0 Å². The molecule has 0 aliphatic rings. The first kappa shape index (κ1) is 11.3. The van der Waals surface area contributed by atoms with Crippen LogP contribution in [0.1, 0.15) is 18.4 Å². The van der Waals surface area contributed by atoms with Crippen molar-refractivity contribution in [1.82, 2.24) is 20.2 Å². The summed E-state index contributed by atoms with van der Waals surface area (Å²) in [5, 5.41) is 20.2. The molecule has 5 heteroatoms. The van der Waals surface area contributed by atoms with Crippen LogP contribution in [0.5, 0.6) is 0 Å². The van der Waals surface area contributed by atoms with Gasteiger partial charge in [0, 0.05) is 18.5 Å². The first-order valence-corrected chi connectivity index (χ1v) is 5.52. The van der Waals surface area contributed by atoms with Gasteiger partial charge in [0.05, 0.1) is 6.07 Å². The van der Waals surface area contributed by atoms with Gasteiger partial charge in [-0.3, -0.25) is 0 Å². The lowest BCUT2D eigenvalue weighted by Crippen LogP contribution is -2.03. The van der Waals surface area contributed by atoms with E-state index >= 15 is 0 Å². The topological polar surface area (TPSA) is 67.4 Å². The smallest absolute Gasteiger partial charge is 0.182 e. The Hall–Kier alpha value is -2.22. The summed E-state index contributed by atoms with van der Waals surface area (Å²) in [6, 6.07) is 10.1. The number of unbranched alkanes of at least 4 members (excludes halogenated alkanes) is 1. The number of tetrazole rings is 1. The standard InChI is InChI=1S/C12H13N5/c1-10-6-2-3-7-11(10)12-14-15-16-17(12)9-5-4-8-13/h2-3,6-7H,4-5,9H2,1H3. The van der Waals surface area contributed by atoms with Crippen molar-refractivity contribution in [3.8, 4) is 17.5 Å². The van der Waals surface area contributed by atoms with Crippen LogP contribution < -0.4 is 0 Å². The van der Waals surface area contributed by atoms with Crippen LogP contribution in [0.25, 0.3) is 11.4 Å². The molecule has 0 amide bonds. The van der Waals surface area contributed by atoms with Gasteiger partial charge in [-0.1, -0.05) is 24.3 Å². The molecule has 1 aromatic carbocycles. The zero-order valence-corrected chi connectivity index (χ0v) is 9.67. The fourth-order valence-electron chi connectivity index (χ4n) is 1.68. The normalized spacial score (nSPS) is 10.1. The van der Waals surface area contributed by atoms with Gasteiger partial charge in [0.15, 0.2) is 5.82 Å². The van der Waals surface area contributed by atoms with Gasteiger partial charge >= 0.3 is 0 Å². The third kappa shape index (κ3) is 2.48. The zero-order valence-electron chi connectivity index (χ0n) is 9.67. The van der Waals surface area contributed by atoms with Crippen molar-refractivity contribution in [2.45, 2.75) is 26.3 Å². The Bertz CT molecular complexity index is 538. The van der Waals surface area contributed by atoms with Crippen LogP contribution in [0.3, 0.4) is 0 Å². The Morgan fingerprint density at radius 1 is 1.35 bits per heavy atom. The van der Waals surface area contributed by atoms with E-state index in [9.17, 15) is 0 Å². The summed E-state index contributed by atoms with van der Waals surface area (Å²) in [4.78, 5) is 0. The Kier molecular flexibility index (Phi) is 3.46. The van der Waals surface area contributed by atoms with Gasteiger partial charge in [-0.2, -0.15) is 5.26 Å². The second kappa shape index (κ2) is 5.21. The van der Waals surface area contributed by atoms with Gasteiger partial charge in [-0.25, -0.2) is 4.68 Å². The Labute approximate surface area is 99.7 Å². The number of hydrogen-bond donors (Lipinski definition) is 0. The minimum absolute atomic E-state index is 0.521. The highest BCUT2D eigenvalue weighted by molar-refractivity contribution is 5.59. The van der Waals surface area contributed by atoms with Crippen molar-refractivity contribution in [3.05, 3.63) is 29.8 Å². The van der Waals surface area contributed by atoms with Crippen molar-refractivity contribution < 1.29 is 0 Å². The summed E-state index contributed by atoms with van der Waals surface area (Å²) in [6.45, 7) is 2.70. The molecule has 1 heterocycles. The van der Waals surface area contributed by atoms with Crippen LogP contribution in [-0.2, 0) is 6.54 Å². The third-order valence-electron chi connectivity index (χ3n) is 2.58. The molecule has 0 unspecified atom stereocenters. The molecule has 5 nitrogen and oxygen atoms in total. The number of nitriles is 1. The molecule has 0 fully saturated rings. The van der Waals surface area contributed by atoms with E-state index in [0.29, 0.717) is 13.0 Å². The molecular formula is C12H13N5. The van der Waals surface area contributed by atoms with Gasteiger partial charge in [0.1, 0.15) is 0 Å². The molecule has 0 aliphatic heterocycles. The van der Waals surface area contributed by atoms with Gasteiger partial charge in [0.2, 0.25) is 0 Å². The van der Waals surface area contributed by atoms with Crippen LogP contribution in [0, 0.1) is 18.3 Å². The molecule has 0 bridgehead atoms. The van der Waals surface area contributed by atoms with Crippen molar-refractivity contribution >= 4 is 0 Å².